The van der Waals surface area contributed by atoms with E-state index in [-0.39, 0.29) is 18.6 Å². The van der Waals surface area contributed by atoms with Gasteiger partial charge in [-0.25, -0.2) is 13.1 Å². The highest BCUT2D eigenvalue weighted by atomic mass is 35.5. The van der Waals surface area contributed by atoms with E-state index in [1.165, 1.54) is 6.08 Å². The molecule has 0 heterocycles. The third kappa shape index (κ3) is 4.04. The summed E-state index contributed by atoms with van der Waals surface area (Å²) in [4.78, 5) is 0. The van der Waals surface area contributed by atoms with Crippen LogP contribution in [-0.2, 0) is 10.0 Å². The maximum atomic E-state index is 11.8. The van der Waals surface area contributed by atoms with Crippen LogP contribution in [-0.4, -0.2) is 26.7 Å². The van der Waals surface area contributed by atoms with Gasteiger partial charge in [-0.2, -0.15) is 0 Å². The second-order valence-corrected chi connectivity index (χ2v) is 6.91. The molecule has 1 aliphatic rings. The SMILES string of the molecule is O=S(=O)(/C=C/c1ccccc1Cl)NCC1(CO)CC1. The van der Waals surface area contributed by atoms with E-state index in [4.69, 9.17) is 16.7 Å². The summed E-state index contributed by atoms with van der Waals surface area (Å²) in [6, 6.07) is 7.01. The smallest absolute Gasteiger partial charge is 0.233 e. The molecule has 2 N–H and O–H groups in total. The molecule has 1 aromatic rings. The maximum absolute atomic E-state index is 11.8. The Bertz CT molecular complexity index is 579. The minimum atomic E-state index is -3.50. The minimum absolute atomic E-state index is 0.0176. The summed E-state index contributed by atoms with van der Waals surface area (Å²) >= 11 is 5.94. The van der Waals surface area contributed by atoms with Gasteiger partial charge >= 0.3 is 0 Å². The normalized spacial score (nSPS) is 17.8. The molecule has 0 atom stereocenters. The number of halogens is 1. The molecule has 2 rings (SSSR count). The van der Waals surface area contributed by atoms with E-state index >= 15 is 0 Å². The van der Waals surface area contributed by atoms with Crippen molar-refractivity contribution in [3.05, 3.63) is 40.3 Å². The lowest BCUT2D eigenvalue weighted by Gasteiger charge is -2.11. The standard InChI is InChI=1S/C13H16ClNO3S/c14-12-4-2-1-3-11(12)5-8-19(17,18)15-9-13(10-16)6-7-13/h1-5,8,15-16H,6-7,9-10H2/b8-5+. The van der Waals surface area contributed by atoms with Crippen molar-refractivity contribution in [2.24, 2.45) is 5.41 Å². The Kier molecular flexibility index (Phi) is 4.30. The lowest BCUT2D eigenvalue weighted by molar-refractivity contribution is 0.213. The first-order valence-corrected chi connectivity index (χ1v) is 7.92. The third-order valence-electron chi connectivity index (χ3n) is 3.27. The second-order valence-electron chi connectivity index (χ2n) is 4.85. The Labute approximate surface area is 118 Å². The van der Waals surface area contributed by atoms with E-state index in [0.29, 0.717) is 10.6 Å². The molecule has 0 spiro atoms. The van der Waals surface area contributed by atoms with Crippen molar-refractivity contribution in [1.29, 1.82) is 0 Å². The predicted octanol–water partition coefficient (Wildman–Crippen LogP) is 2.00. The first-order chi connectivity index (χ1) is 8.96. The number of aliphatic hydroxyl groups is 1. The molecule has 1 aliphatic carbocycles. The van der Waals surface area contributed by atoms with Gasteiger partial charge in [-0.3, -0.25) is 0 Å². The van der Waals surface area contributed by atoms with E-state index < -0.39 is 10.0 Å². The van der Waals surface area contributed by atoms with Crippen LogP contribution < -0.4 is 4.72 Å². The van der Waals surface area contributed by atoms with Crippen molar-refractivity contribution in [2.75, 3.05) is 13.2 Å². The van der Waals surface area contributed by atoms with E-state index in [2.05, 4.69) is 4.72 Å². The zero-order valence-electron chi connectivity index (χ0n) is 10.3. The lowest BCUT2D eigenvalue weighted by atomic mass is 10.1. The first-order valence-electron chi connectivity index (χ1n) is 6.00. The van der Waals surface area contributed by atoms with Gasteiger partial charge in [0, 0.05) is 29.0 Å². The molecule has 19 heavy (non-hydrogen) atoms. The van der Waals surface area contributed by atoms with E-state index in [0.717, 1.165) is 18.2 Å². The van der Waals surface area contributed by atoms with Gasteiger partial charge in [-0.15, -0.1) is 0 Å². The Morgan fingerprint density at radius 2 is 2.05 bits per heavy atom. The Morgan fingerprint density at radius 3 is 2.63 bits per heavy atom. The molecule has 0 radical (unpaired) electrons. The van der Waals surface area contributed by atoms with Crippen LogP contribution >= 0.6 is 11.6 Å². The number of rotatable bonds is 6. The molecule has 1 saturated carbocycles. The summed E-state index contributed by atoms with van der Waals surface area (Å²) in [7, 11) is -3.50. The largest absolute Gasteiger partial charge is 0.396 e. The van der Waals surface area contributed by atoms with Crippen LogP contribution in [0.25, 0.3) is 6.08 Å². The van der Waals surface area contributed by atoms with Crippen molar-refractivity contribution in [3.63, 3.8) is 0 Å². The minimum Gasteiger partial charge on any atom is -0.396 e. The Balaban J connectivity index is 1.99. The lowest BCUT2D eigenvalue weighted by Crippen LogP contribution is -2.30. The van der Waals surface area contributed by atoms with E-state index in [1.54, 1.807) is 24.3 Å². The van der Waals surface area contributed by atoms with Crippen LogP contribution in [0.15, 0.2) is 29.7 Å². The summed E-state index contributed by atoms with van der Waals surface area (Å²) in [6.07, 6.45) is 3.18. The van der Waals surface area contributed by atoms with Crippen LogP contribution in [0, 0.1) is 5.41 Å². The maximum Gasteiger partial charge on any atom is 0.233 e. The summed E-state index contributed by atoms with van der Waals surface area (Å²) in [6.45, 7) is 0.294. The van der Waals surface area contributed by atoms with Crippen LogP contribution in [0.4, 0.5) is 0 Å². The quantitative estimate of drug-likeness (QED) is 0.844. The van der Waals surface area contributed by atoms with Crippen molar-refractivity contribution < 1.29 is 13.5 Å². The summed E-state index contributed by atoms with van der Waals surface area (Å²) in [5.74, 6) is 0. The Morgan fingerprint density at radius 1 is 1.37 bits per heavy atom. The van der Waals surface area contributed by atoms with Crippen molar-refractivity contribution in [2.45, 2.75) is 12.8 Å². The highest BCUT2D eigenvalue weighted by molar-refractivity contribution is 7.92. The van der Waals surface area contributed by atoms with Crippen molar-refractivity contribution in [1.82, 2.24) is 4.72 Å². The average Bonchev–Trinajstić information content (AvgIpc) is 3.17. The molecule has 0 unspecified atom stereocenters. The summed E-state index contributed by atoms with van der Waals surface area (Å²) < 4.78 is 26.1. The zero-order chi connectivity index (χ0) is 13.9. The number of benzene rings is 1. The molecule has 1 aromatic carbocycles. The second kappa shape index (κ2) is 5.63. The van der Waals surface area contributed by atoms with Gasteiger partial charge in [0.05, 0.1) is 0 Å². The average molecular weight is 302 g/mol. The summed E-state index contributed by atoms with van der Waals surface area (Å²) in [5.41, 5.74) is 0.406. The number of hydrogen-bond donors (Lipinski definition) is 2. The summed E-state index contributed by atoms with van der Waals surface area (Å²) in [5, 5.41) is 10.7. The van der Waals surface area contributed by atoms with Crippen LogP contribution in [0.5, 0.6) is 0 Å². The number of sulfonamides is 1. The van der Waals surface area contributed by atoms with Crippen molar-refractivity contribution >= 4 is 27.7 Å². The highest BCUT2D eigenvalue weighted by Gasteiger charge is 2.42. The molecule has 6 heteroatoms. The molecular formula is C13H16ClNO3S. The van der Waals surface area contributed by atoms with Gasteiger partial charge in [0.2, 0.25) is 10.0 Å². The van der Waals surface area contributed by atoms with E-state index in [9.17, 15) is 8.42 Å². The third-order valence-corrected chi connectivity index (χ3v) is 4.66. The number of nitrogens with one attached hydrogen (secondary N) is 1. The predicted molar refractivity (Wildman–Crippen MR) is 76.2 cm³/mol. The van der Waals surface area contributed by atoms with Gasteiger partial charge in [0.25, 0.3) is 0 Å². The molecule has 0 amide bonds. The van der Waals surface area contributed by atoms with Gasteiger partial charge in [-0.05, 0) is 30.5 Å². The number of aliphatic hydroxyl groups excluding tert-OH is 1. The van der Waals surface area contributed by atoms with Crippen LogP contribution in [0.3, 0.4) is 0 Å². The monoisotopic (exact) mass is 301 g/mol. The van der Waals surface area contributed by atoms with Gasteiger partial charge in [0.1, 0.15) is 0 Å². The van der Waals surface area contributed by atoms with Crippen LogP contribution in [0.2, 0.25) is 5.02 Å². The topological polar surface area (TPSA) is 66.4 Å². The molecule has 0 aromatic heterocycles. The molecule has 4 nitrogen and oxygen atoms in total. The molecular weight excluding hydrogens is 286 g/mol. The number of hydrogen-bond acceptors (Lipinski definition) is 3. The van der Waals surface area contributed by atoms with Crippen LogP contribution in [0.1, 0.15) is 18.4 Å². The Hall–Kier alpha value is -0.880. The molecule has 1 fully saturated rings. The zero-order valence-corrected chi connectivity index (χ0v) is 11.9. The van der Waals surface area contributed by atoms with Gasteiger partial charge in [0.15, 0.2) is 0 Å². The van der Waals surface area contributed by atoms with E-state index in [1.807, 2.05) is 0 Å². The fourth-order valence-corrected chi connectivity index (χ4v) is 2.77. The molecule has 0 bridgehead atoms. The first kappa shape index (κ1) is 14.5. The highest BCUT2D eigenvalue weighted by Crippen LogP contribution is 2.44. The van der Waals surface area contributed by atoms with Gasteiger partial charge < -0.3 is 5.11 Å². The molecule has 0 aliphatic heterocycles. The molecule has 0 saturated heterocycles. The van der Waals surface area contributed by atoms with Crippen molar-refractivity contribution in [3.8, 4) is 0 Å². The van der Waals surface area contributed by atoms with Gasteiger partial charge in [-0.1, -0.05) is 29.8 Å². The fraction of sp³-hybridized carbons (Fsp3) is 0.385. The molecule has 104 valence electrons. The fourth-order valence-electron chi connectivity index (χ4n) is 1.64.